The molecule has 29 heavy (non-hydrogen) atoms. The van der Waals surface area contributed by atoms with Crippen molar-refractivity contribution in [3.63, 3.8) is 0 Å². The van der Waals surface area contributed by atoms with Gasteiger partial charge in [0, 0.05) is 12.0 Å². The lowest BCUT2D eigenvalue weighted by molar-refractivity contribution is -0.225. The Morgan fingerprint density at radius 3 is 1.76 bits per heavy atom. The maximum atomic E-state index is 14.0. The molecule has 0 spiro atoms. The monoisotopic (exact) mass is 471 g/mol. The second-order valence-electron chi connectivity index (χ2n) is 5.60. The van der Waals surface area contributed by atoms with Crippen LogP contribution in [0, 0.1) is 6.42 Å². The maximum Gasteiger partial charge on any atom is 0.457 e. The molecular formula is C13H17F4O10P2. The Morgan fingerprint density at radius 1 is 0.828 bits per heavy atom. The quantitative estimate of drug-likeness (QED) is 0.0915. The van der Waals surface area contributed by atoms with Crippen LogP contribution in [0.1, 0.15) is 36.8 Å². The third-order valence-electron chi connectivity index (χ3n) is 3.74. The van der Waals surface area contributed by atoms with Crippen molar-refractivity contribution >= 4 is 15.2 Å². The van der Waals surface area contributed by atoms with Gasteiger partial charge in [-0.3, -0.25) is 0 Å². The fourth-order valence-corrected chi connectivity index (χ4v) is 3.52. The van der Waals surface area contributed by atoms with Crippen LogP contribution in [-0.2, 0) is 33.5 Å². The van der Waals surface area contributed by atoms with Gasteiger partial charge in [0.1, 0.15) is 0 Å². The highest BCUT2D eigenvalue weighted by Gasteiger charge is 2.57. The number of halogens is 4. The minimum absolute atomic E-state index is 0.121. The van der Waals surface area contributed by atoms with E-state index in [0.29, 0.717) is 5.56 Å². The van der Waals surface area contributed by atoms with Gasteiger partial charge in [0.05, 0.1) is 0 Å². The average molecular weight is 471 g/mol. The molecular weight excluding hydrogens is 454 g/mol. The molecule has 0 aromatic heterocycles. The summed E-state index contributed by atoms with van der Waals surface area (Å²) < 4.78 is 90.0. The van der Waals surface area contributed by atoms with E-state index in [9.17, 15) is 26.7 Å². The first kappa shape index (κ1) is 26.1. The predicted octanol–water partition coefficient (Wildman–Crippen LogP) is 5.79. The third-order valence-corrected chi connectivity index (χ3v) is 6.58. The predicted molar refractivity (Wildman–Crippen MR) is 87.2 cm³/mol. The normalized spacial score (nSPS) is 13.7. The van der Waals surface area contributed by atoms with Crippen molar-refractivity contribution in [2.45, 2.75) is 37.0 Å². The molecule has 10 nitrogen and oxygen atoms in total. The molecule has 0 heterocycles. The van der Waals surface area contributed by atoms with Crippen LogP contribution in [0.4, 0.5) is 17.6 Å². The molecule has 16 heteroatoms. The van der Waals surface area contributed by atoms with Crippen LogP contribution < -0.4 is 0 Å². The molecule has 0 saturated carbocycles. The summed E-state index contributed by atoms with van der Waals surface area (Å²) >= 11 is 0. The summed E-state index contributed by atoms with van der Waals surface area (Å²) in [5.74, 6) is 0. The highest BCUT2D eigenvalue weighted by atomic mass is 31.2. The summed E-state index contributed by atoms with van der Waals surface area (Å²) in [6.45, 7) is 0. The van der Waals surface area contributed by atoms with E-state index < -0.39 is 38.5 Å². The minimum Gasteiger partial charge on any atom is -0.248 e. The van der Waals surface area contributed by atoms with E-state index >= 15 is 0 Å². The first-order valence-electron chi connectivity index (χ1n) is 7.65. The molecule has 1 aromatic carbocycles. The largest absolute Gasteiger partial charge is 0.457 e. The number of rotatable bonds is 13. The average Bonchev–Trinajstić information content (AvgIpc) is 2.72. The standard InChI is InChI=1S/C13H17F4O10P2/c14-12(15,28(22,24-18)25-19)9-3-1-2-4-10-5-7-11(8-6-10)13(16,17)29(23,26-20)27-21/h4-8,18-21H,1-3,9H2. The highest BCUT2D eigenvalue weighted by molar-refractivity contribution is 7.55. The van der Waals surface area contributed by atoms with Crippen molar-refractivity contribution in [2.24, 2.45) is 0 Å². The molecule has 0 fully saturated rings. The summed E-state index contributed by atoms with van der Waals surface area (Å²) in [6.07, 6.45) is 0.531. The van der Waals surface area contributed by atoms with E-state index in [1.807, 2.05) is 0 Å². The van der Waals surface area contributed by atoms with Gasteiger partial charge in [0.2, 0.25) is 0 Å². The Hall–Kier alpha value is -0.920. The van der Waals surface area contributed by atoms with Crippen molar-refractivity contribution in [3.05, 3.63) is 41.8 Å². The van der Waals surface area contributed by atoms with Crippen LogP contribution in [0.25, 0.3) is 0 Å². The fraction of sp³-hybridized carbons (Fsp3) is 0.462. The van der Waals surface area contributed by atoms with Gasteiger partial charge in [0.15, 0.2) is 0 Å². The van der Waals surface area contributed by atoms with Crippen LogP contribution in [0.15, 0.2) is 24.3 Å². The second kappa shape index (κ2) is 10.4. The zero-order valence-electron chi connectivity index (χ0n) is 14.4. The third kappa shape index (κ3) is 5.82. The van der Waals surface area contributed by atoms with Crippen LogP contribution in [0.2, 0.25) is 0 Å². The molecule has 0 bridgehead atoms. The lowest BCUT2D eigenvalue weighted by Crippen LogP contribution is -2.18. The van der Waals surface area contributed by atoms with Gasteiger partial charge in [0.25, 0.3) is 0 Å². The molecule has 0 aliphatic carbocycles. The zero-order valence-corrected chi connectivity index (χ0v) is 16.1. The van der Waals surface area contributed by atoms with E-state index in [4.69, 9.17) is 21.0 Å². The molecule has 4 N–H and O–H groups in total. The van der Waals surface area contributed by atoms with E-state index in [0.717, 1.165) is 24.3 Å². The first-order chi connectivity index (χ1) is 13.4. The lowest BCUT2D eigenvalue weighted by atomic mass is 10.0. The van der Waals surface area contributed by atoms with Gasteiger partial charge in [-0.15, -0.1) is 18.7 Å². The molecule has 0 atom stereocenters. The molecule has 0 aliphatic heterocycles. The number of benzene rings is 1. The van der Waals surface area contributed by atoms with Crippen LogP contribution in [0.3, 0.4) is 0 Å². The second-order valence-corrected chi connectivity index (χ2v) is 9.46. The Kier molecular flexibility index (Phi) is 9.37. The van der Waals surface area contributed by atoms with Crippen molar-refractivity contribution in [1.29, 1.82) is 0 Å². The van der Waals surface area contributed by atoms with Gasteiger partial charge in [-0.2, -0.15) is 17.6 Å². The maximum absolute atomic E-state index is 14.0. The molecule has 0 aliphatic rings. The number of hydrogen-bond donors (Lipinski definition) is 4. The summed E-state index contributed by atoms with van der Waals surface area (Å²) in [5, 5.41) is 33.0. The molecule has 0 saturated heterocycles. The Bertz CT molecular complexity index is 730. The highest BCUT2D eigenvalue weighted by Crippen LogP contribution is 2.65. The molecule has 1 rings (SSSR count). The fourth-order valence-electron chi connectivity index (χ4n) is 2.12. The number of hydrogen-bond acceptors (Lipinski definition) is 10. The van der Waals surface area contributed by atoms with Crippen molar-refractivity contribution < 1.29 is 66.4 Å². The summed E-state index contributed by atoms with van der Waals surface area (Å²) in [5.41, 5.74) is -9.02. The van der Waals surface area contributed by atoms with Crippen molar-refractivity contribution in [1.82, 2.24) is 0 Å². The Morgan fingerprint density at radius 2 is 1.31 bits per heavy atom. The molecule has 167 valence electrons. The van der Waals surface area contributed by atoms with Crippen LogP contribution >= 0.6 is 15.2 Å². The molecule has 1 radical (unpaired) electrons. The summed E-state index contributed by atoms with van der Waals surface area (Å²) in [4.78, 5) is 0. The van der Waals surface area contributed by atoms with E-state index in [1.165, 1.54) is 6.42 Å². The van der Waals surface area contributed by atoms with Gasteiger partial charge in [-0.1, -0.05) is 30.7 Å². The first-order valence-corrected chi connectivity index (χ1v) is 10.7. The van der Waals surface area contributed by atoms with Crippen molar-refractivity contribution in [2.75, 3.05) is 0 Å². The van der Waals surface area contributed by atoms with E-state index in [1.54, 1.807) is 0 Å². The van der Waals surface area contributed by atoms with Crippen LogP contribution in [0.5, 0.6) is 0 Å². The van der Waals surface area contributed by atoms with E-state index in [2.05, 4.69) is 18.7 Å². The van der Waals surface area contributed by atoms with Gasteiger partial charge in [-0.05, 0) is 24.8 Å². The summed E-state index contributed by atoms with van der Waals surface area (Å²) in [6, 6.07) is 3.95. The number of unbranched alkanes of at least 4 members (excludes halogenated alkanes) is 2. The molecule has 0 unspecified atom stereocenters. The van der Waals surface area contributed by atoms with Crippen LogP contribution in [-0.4, -0.2) is 26.7 Å². The van der Waals surface area contributed by atoms with Crippen molar-refractivity contribution in [3.8, 4) is 0 Å². The van der Waals surface area contributed by atoms with Gasteiger partial charge < -0.3 is 0 Å². The SMILES string of the molecule is O=P(OO)(OO)C(F)(F)CCCC[CH]c1ccc(C(F)(F)P(=O)(OO)OO)cc1. The lowest BCUT2D eigenvalue weighted by Gasteiger charge is -2.21. The Balaban J connectivity index is 2.60. The van der Waals surface area contributed by atoms with Gasteiger partial charge >= 0.3 is 26.5 Å². The molecule has 1 aromatic rings. The summed E-state index contributed by atoms with van der Waals surface area (Å²) in [7, 11) is -11.0. The minimum atomic E-state index is -5.57. The smallest absolute Gasteiger partial charge is 0.248 e. The molecule has 0 amide bonds. The Labute approximate surface area is 161 Å². The zero-order chi connectivity index (χ0) is 22.3. The topological polar surface area (TPSA) is 152 Å². The van der Waals surface area contributed by atoms with E-state index in [-0.39, 0.29) is 19.3 Å². The van der Waals surface area contributed by atoms with Gasteiger partial charge in [-0.25, -0.2) is 30.2 Å². The number of alkyl halides is 4.